The lowest BCUT2D eigenvalue weighted by atomic mass is 9.95. The maximum Gasteiger partial charge on any atom is 0.416 e. The van der Waals surface area contributed by atoms with Gasteiger partial charge in [-0.3, -0.25) is 4.79 Å². The van der Waals surface area contributed by atoms with Crippen molar-refractivity contribution in [3.63, 3.8) is 0 Å². The van der Waals surface area contributed by atoms with Gasteiger partial charge in [0.2, 0.25) is 5.91 Å². The van der Waals surface area contributed by atoms with Crippen LogP contribution in [0.2, 0.25) is 5.02 Å². The summed E-state index contributed by atoms with van der Waals surface area (Å²) in [6, 6.07) is 11.6. The van der Waals surface area contributed by atoms with E-state index in [1.807, 2.05) is 0 Å². The Balaban J connectivity index is 1.81. The number of halogens is 4. The van der Waals surface area contributed by atoms with E-state index >= 15 is 0 Å². The topological polar surface area (TPSA) is 29.1 Å². The fourth-order valence-electron chi connectivity index (χ4n) is 2.56. The summed E-state index contributed by atoms with van der Waals surface area (Å²) in [5.74, 6) is -0.292. The first-order valence-electron chi connectivity index (χ1n) is 7.06. The Morgan fingerprint density at radius 1 is 1.09 bits per heavy atom. The van der Waals surface area contributed by atoms with Gasteiger partial charge >= 0.3 is 6.18 Å². The van der Waals surface area contributed by atoms with E-state index in [-0.39, 0.29) is 11.6 Å². The van der Waals surface area contributed by atoms with E-state index in [0.717, 1.165) is 17.7 Å². The van der Waals surface area contributed by atoms with Gasteiger partial charge in [0.15, 0.2) is 0 Å². The molecule has 1 N–H and O–H groups in total. The predicted octanol–water partition coefficient (Wildman–Crippen LogP) is 5.03. The summed E-state index contributed by atoms with van der Waals surface area (Å²) in [7, 11) is 0. The maximum absolute atomic E-state index is 12.7. The quantitative estimate of drug-likeness (QED) is 0.835. The summed E-state index contributed by atoms with van der Waals surface area (Å²) in [4.78, 5) is 12.5. The van der Waals surface area contributed by atoms with Crippen molar-refractivity contribution in [3.8, 4) is 0 Å². The summed E-state index contributed by atoms with van der Waals surface area (Å²) < 4.78 is 38.2. The van der Waals surface area contributed by atoms with Crippen LogP contribution >= 0.6 is 11.6 Å². The standard InChI is InChI=1S/C17H13ClF3NO/c18-13-6-4-11(5-7-13)16(8-9-16)15(23)22-14-3-1-2-12(10-14)17(19,20)21/h1-7,10H,8-9H2,(H,22,23). The number of alkyl halides is 3. The predicted molar refractivity (Wildman–Crippen MR) is 82.4 cm³/mol. The van der Waals surface area contributed by atoms with Gasteiger partial charge in [-0.2, -0.15) is 13.2 Å². The fraction of sp³-hybridized carbons (Fsp3) is 0.235. The van der Waals surface area contributed by atoms with Gasteiger partial charge in [0.1, 0.15) is 0 Å². The number of carbonyl (C=O) groups is 1. The highest BCUT2D eigenvalue weighted by atomic mass is 35.5. The summed E-state index contributed by atoms with van der Waals surface area (Å²) in [5.41, 5.74) is -0.484. The molecule has 0 atom stereocenters. The molecule has 2 nitrogen and oxygen atoms in total. The Morgan fingerprint density at radius 3 is 2.30 bits per heavy atom. The summed E-state index contributed by atoms with van der Waals surface area (Å²) in [6.45, 7) is 0. The highest BCUT2D eigenvalue weighted by Crippen LogP contribution is 2.49. The Kier molecular flexibility index (Phi) is 3.84. The summed E-state index contributed by atoms with van der Waals surface area (Å²) >= 11 is 5.84. The molecule has 3 rings (SSSR count). The number of hydrogen-bond donors (Lipinski definition) is 1. The van der Waals surface area contributed by atoms with Crippen LogP contribution in [0.5, 0.6) is 0 Å². The summed E-state index contributed by atoms with van der Waals surface area (Å²) in [5, 5.41) is 3.17. The zero-order chi connectivity index (χ0) is 16.7. The van der Waals surface area contributed by atoms with Crippen LogP contribution < -0.4 is 5.32 Å². The molecule has 0 bridgehead atoms. The van der Waals surface area contributed by atoms with Crippen molar-refractivity contribution in [3.05, 3.63) is 64.7 Å². The molecule has 0 aliphatic heterocycles. The first-order chi connectivity index (χ1) is 10.8. The molecule has 0 unspecified atom stereocenters. The van der Waals surface area contributed by atoms with Gasteiger partial charge in [0.25, 0.3) is 0 Å². The van der Waals surface area contributed by atoms with Crippen LogP contribution in [0.4, 0.5) is 18.9 Å². The van der Waals surface area contributed by atoms with E-state index in [0.29, 0.717) is 17.9 Å². The van der Waals surface area contributed by atoms with Crippen molar-refractivity contribution in [2.45, 2.75) is 24.4 Å². The third kappa shape index (κ3) is 3.20. The van der Waals surface area contributed by atoms with E-state index in [1.54, 1.807) is 24.3 Å². The Labute approximate surface area is 136 Å². The zero-order valence-electron chi connectivity index (χ0n) is 12.0. The van der Waals surface area contributed by atoms with E-state index in [9.17, 15) is 18.0 Å². The second kappa shape index (κ2) is 5.57. The van der Waals surface area contributed by atoms with Gasteiger partial charge in [-0.25, -0.2) is 0 Å². The monoisotopic (exact) mass is 339 g/mol. The zero-order valence-corrected chi connectivity index (χ0v) is 12.7. The average molecular weight is 340 g/mol. The van der Waals surface area contributed by atoms with E-state index < -0.39 is 17.2 Å². The average Bonchev–Trinajstić information content (AvgIpc) is 3.29. The Bertz CT molecular complexity index is 736. The molecule has 1 aliphatic rings. The van der Waals surface area contributed by atoms with Crippen LogP contribution in [-0.4, -0.2) is 5.91 Å². The highest BCUT2D eigenvalue weighted by Gasteiger charge is 2.51. The van der Waals surface area contributed by atoms with Crippen molar-refractivity contribution in [2.24, 2.45) is 0 Å². The second-order valence-electron chi connectivity index (χ2n) is 5.62. The van der Waals surface area contributed by atoms with Gasteiger partial charge in [-0.15, -0.1) is 0 Å². The van der Waals surface area contributed by atoms with E-state index in [2.05, 4.69) is 5.32 Å². The number of benzene rings is 2. The first-order valence-corrected chi connectivity index (χ1v) is 7.44. The van der Waals surface area contributed by atoms with E-state index in [1.165, 1.54) is 12.1 Å². The molecule has 0 saturated heterocycles. The molecule has 0 radical (unpaired) electrons. The lowest BCUT2D eigenvalue weighted by molar-refractivity contribution is -0.137. The number of hydrogen-bond acceptors (Lipinski definition) is 1. The van der Waals surface area contributed by atoms with Gasteiger partial charge in [-0.05, 0) is 48.7 Å². The molecule has 23 heavy (non-hydrogen) atoms. The largest absolute Gasteiger partial charge is 0.416 e. The van der Waals surface area contributed by atoms with Gasteiger partial charge < -0.3 is 5.32 Å². The molecule has 120 valence electrons. The van der Waals surface area contributed by atoms with E-state index in [4.69, 9.17) is 11.6 Å². The molecule has 0 aromatic heterocycles. The van der Waals surface area contributed by atoms with Crippen molar-refractivity contribution >= 4 is 23.2 Å². The molecule has 1 saturated carbocycles. The van der Waals surface area contributed by atoms with Gasteiger partial charge in [0.05, 0.1) is 11.0 Å². The molecule has 1 aliphatic carbocycles. The molecule has 6 heteroatoms. The molecular weight excluding hydrogens is 327 g/mol. The van der Waals surface area contributed by atoms with Crippen LogP contribution in [0.25, 0.3) is 0 Å². The number of amides is 1. The number of carbonyl (C=O) groups excluding carboxylic acids is 1. The molecule has 1 amide bonds. The van der Waals surface area contributed by atoms with Crippen LogP contribution in [0, 0.1) is 0 Å². The van der Waals surface area contributed by atoms with Gasteiger partial charge in [0, 0.05) is 10.7 Å². The smallest absolute Gasteiger partial charge is 0.325 e. The normalized spacial score (nSPS) is 16.0. The molecule has 2 aromatic carbocycles. The number of nitrogens with one attached hydrogen (secondary N) is 1. The second-order valence-corrected chi connectivity index (χ2v) is 6.06. The minimum Gasteiger partial charge on any atom is -0.325 e. The fourth-order valence-corrected chi connectivity index (χ4v) is 2.69. The SMILES string of the molecule is O=C(Nc1cccc(C(F)(F)F)c1)C1(c2ccc(Cl)cc2)CC1. The molecule has 2 aromatic rings. The third-order valence-corrected chi connectivity index (χ3v) is 4.28. The van der Waals surface area contributed by atoms with Crippen LogP contribution in [0.15, 0.2) is 48.5 Å². The Hall–Kier alpha value is -2.01. The Morgan fingerprint density at radius 2 is 1.74 bits per heavy atom. The van der Waals surface area contributed by atoms with Crippen molar-refractivity contribution < 1.29 is 18.0 Å². The molecule has 0 spiro atoms. The minimum absolute atomic E-state index is 0.144. The lowest BCUT2D eigenvalue weighted by Gasteiger charge is -2.16. The van der Waals surface area contributed by atoms with Crippen LogP contribution in [-0.2, 0) is 16.4 Å². The lowest BCUT2D eigenvalue weighted by Crippen LogP contribution is -2.27. The van der Waals surface area contributed by atoms with Crippen molar-refractivity contribution in [2.75, 3.05) is 5.32 Å². The maximum atomic E-state index is 12.7. The third-order valence-electron chi connectivity index (χ3n) is 4.03. The first kappa shape index (κ1) is 15.9. The molecule has 1 fully saturated rings. The number of anilines is 1. The summed E-state index contributed by atoms with van der Waals surface area (Å²) in [6.07, 6.45) is -3.10. The van der Waals surface area contributed by atoms with Crippen LogP contribution in [0.1, 0.15) is 24.0 Å². The number of rotatable bonds is 3. The molecular formula is C17H13ClF3NO. The van der Waals surface area contributed by atoms with Gasteiger partial charge in [-0.1, -0.05) is 29.8 Å². The molecule has 0 heterocycles. The minimum atomic E-state index is -4.44. The van der Waals surface area contributed by atoms with Crippen molar-refractivity contribution in [1.29, 1.82) is 0 Å². The van der Waals surface area contributed by atoms with Crippen LogP contribution in [0.3, 0.4) is 0 Å². The van der Waals surface area contributed by atoms with Crippen molar-refractivity contribution in [1.82, 2.24) is 0 Å². The highest BCUT2D eigenvalue weighted by molar-refractivity contribution is 6.30.